The first-order valence-electron chi connectivity index (χ1n) is 7.46. The maximum absolute atomic E-state index is 12.2. The zero-order valence-corrected chi connectivity index (χ0v) is 13.4. The van der Waals surface area contributed by atoms with Crippen LogP contribution in [0.1, 0.15) is 54.0 Å². The van der Waals surface area contributed by atoms with Crippen molar-refractivity contribution in [1.29, 1.82) is 0 Å². The number of aryl methyl sites for hydroxylation is 2. The lowest BCUT2D eigenvalue weighted by Crippen LogP contribution is -2.12. The van der Waals surface area contributed by atoms with Gasteiger partial charge in [0.05, 0.1) is 5.69 Å². The summed E-state index contributed by atoms with van der Waals surface area (Å²) in [6.07, 6.45) is 5.53. The fourth-order valence-corrected chi connectivity index (χ4v) is 2.78. The summed E-state index contributed by atoms with van der Waals surface area (Å²) in [6.45, 7) is 4.18. The molecule has 0 unspecified atom stereocenters. The van der Waals surface area contributed by atoms with Crippen LogP contribution in [0.15, 0.2) is 24.3 Å². The highest BCUT2D eigenvalue weighted by atomic mass is 32.1. The van der Waals surface area contributed by atoms with Crippen LogP contribution >= 0.6 is 11.5 Å². The molecule has 112 valence electrons. The lowest BCUT2D eigenvalue weighted by molar-refractivity contribution is 0.102. The minimum Gasteiger partial charge on any atom is -0.321 e. The molecular weight excluding hydrogens is 282 g/mol. The molecule has 5 heteroatoms. The van der Waals surface area contributed by atoms with E-state index in [1.165, 1.54) is 24.8 Å². The molecule has 0 radical (unpaired) electrons. The molecule has 21 heavy (non-hydrogen) atoms. The summed E-state index contributed by atoms with van der Waals surface area (Å²) in [5, 5.41) is 6.87. The Bertz CT molecular complexity index is 577. The van der Waals surface area contributed by atoms with E-state index in [1.807, 2.05) is 19.1 Å². The summed E-state index contributed by atoms with van der Waals surface area (Å²) in [7, 11) is 0. The molecule has 1 aromatic heterocycles. The van der Waals surface area contributed by atoms with Crippen molar-refractivity contribution in [3.8, 4) is 0 Å². The third kappa shape index (κ3) is 4.36. The highest BCUT2D eigenvalue weighted by molar-refractivity contribution is 7.08. The summed E-state index contributed by atoms with van der Waals surface area (Å²) in [5.74, 6) is -0.124. The number of amides is 1. The first-order chi connectivity index (χ1) is 10.2. The van der Waals surface area contributed by atoms with Crippen LogP contribution in [0.5, 0.6) is 0 Å². The predicted molar refractivity (Wildman–Crippen MR) is 86.9 cm³/mol. The second-order valence-corrected chi connectivity index (χ2v) is 5.76. The Morgan fingerprint density at radius 1 is 1.19 bits per heavy atom. The van der Waals surface area contributed by atoms with Gasteiger partial charge in [-0.2, -0.15) is 0 Å². The zero-order valence-electron chi connectivity index (χ0n) is 12.6. The Labute approximate surface area is 129 Å². The van der Waals surface area contributed by atoms with Crippen molar-refractivity contribution in [3.05, 3.63) is 40.4 Å². The van der Waals surface area contributed by atoms with Gasteiger partial charge in [0.15, 0.2) is 0 Å². The summed E-state index contributed by atoms with van der Waals surface area (Å²) in [5.41, 5.74) is 2.89. The van der Waals surface area contributed by atoms with Crippen LogP contribution in [0, 0.1) is 0 Å². The van der Waals surface area contributed by atoms with Gasteiger partial charge in [0.1, 0.15) is 4.88 Å². The Kier molecular flexibility index (Phi) is 5.87. The number of benzene rings is 1. The van der Waals surface area contributed by atoms with Gasteiger partial charge in [-0.25, -0.2) is 0 Å². The first kappa shape index (κ1) is 15.6. The average Bonchev–Trinajstić information content (AvgIpc) is 2.98. The largest absolute Gasteiger partial charge is 0.321 e. The molecule has 0 atom stereocenters. The van der Waals surface area contributed by atoms with Crippen LogP contribution in [-0.4, -0.2) is 15.5 Å². The van der Waals surface area contributed by atoms with Crippen LogP contribution in [0.3, 0.4) is 0 Å². The molecule has 0 aliphatic carbocycles. The lowest BCUT2D eigenvalue weighted by Gasteiger charge is -2.06. The second kappa shape index (κ2) is 7.88. The van der Waals surface area contributed by atoms with Crippen LogP contribution in [0.4, 0.5) is 5.69 Å². The number of anilines is 1. The summed E-state index contributed by atoms with van der Waals surface area (Å²) >= 11 is 1.15. The van der Waals surface area contributed by atoms with Crippen molar-refractivity contribution in [2.45, 2.75) is 46.0 Å². The SMILES string of the molecule is CCCCCc1ccc(NC(=O)c2snnc2CC)cc1. The van der Waals surface area contributed by atoms with E-state index in [2.05, 4.69) is 34.0 Å². The van der Waals surface area contributed by atoms with Crippen molar-refractivity contribution in [2.75, 3.05) is 5.32 Å². The van der Waals surface area contributed by atoms with Crippen LogP contribution in [0.25, 0.3) is 0 Å². The topological polar surface area (TPSA) is 54.9 Å². The number of carbonyl (C=O) groups is 1. The van der Waals surface area contributed by atoms with Gasteiger partial charge in [-0.3, -0.25) is 4.79 Å². The minimum atomic E-state index is -0.124. The molecule has 1 heterocycles. The smallest absolute Gasteiger partial charge is 0.269 e. The minimum absolute atomic E-state index is 0.124. The molecule has 0 saturated carbocycles. The number of carbonyl (C=O) groups excluding carboxylic acids is 1. The van der Waals surface area contributed by atoms with Gasteiger partial charge in [-0.05, 0) is 48.5 Å². The second-order valence-electron chi connectivity index (χ2n) is 5.01. The maximum Gasteiger partial charge on any atom is 0.269 e. The van der Waals surface area contributed by atoms with Crippen molar-refractivity contribution >= 4 is 23.1 Å². The quantitative estimate of drug-likeness (QED) is 0.784. The monoisotopic (exact) mass is 303 g/mol. The van der Waals surface area contributed by atoms with Crippen LogP contribution in [-0.2, 0) is 12.8 Å². The Hall–Kier alpha value is -1.75. The number of nitrogens with one attached hydrogen (secondary N) is 1. The van der Waals surface area contributed by atoms with Gasteiger partial charge in [-0.15, -0.1) is 5.10 Å². The van der Waals surface area contributed by atoms with E-state index in [9.17, 15) is 4.79 Å². The molecule has 1 N–H and O–H groups in total. The lowest BCUT2D eigenvalue weighted by atomic mass is 10.1. The molecule has 0 bridgehead atoms. The van der Waals surface area contributed by atoms with Crippen molar-refractivity contribution in [1.82, 2.24) is 9.59 Å². The van der Waals surface area contributed by atoms with Crippen molar-refractivity contribution in [2.24, 2.45) is 0 Å². The standard InChI is InChI=1S/C16H21N3OS/c1-3-5-6-7-12-8-10-13(11-9-12)17-16(20)15-14(4-2)18-19-21-15/h8-11H,3-7H2,1-2H3,(H,17,20). The van der Waals surface area contributed by atoms with Gasteiger partial charge in [0, 0.05) is 5.69 Å². The molecule has 0 aliphatic heterocycles. The fourth-order valence-electron chi connectivity index (χ4n) is 2.13. The molecule has 1 amide bonds. The highest BCUT2D eigenvalue weighted by Gasteiger charge is 2.14. The van der Waals surface area contributed by atoms with Gasteiger partial charge in [0.25, 0.3) is 5.91 Å². The van der Waals surface area contributed by atoms with Gasteiger partial charge < -0.3 is 5.32 Å². The Morgan fingerprint density at radius 3 is 2.62 bits per heavy atom. The van der Waals surface area contributed by atoms with E-state index in [0.717, 1.165) is 35.8 Å². The van der Waals surface area contributed by atoms with Gasteiger partial charge in [-0.1, -0.05) is 43.3 Å². The average molecular weight is 303 g/mol. The third-order valence-electron chi connectivity index (χ3n) is 3.38. The number of rotatable bonds is 7. The van der Waals surface area contributed by atoms with E-state index in [-0.39, 0.29) is 5.91 Å². The van der Waals surface area contributed by atoms with Crippen LogP contribution < -0.4 is 5.32 Å². The molecule has 0 spiro atoms. The zero-order chi connectivity index (χ0) is 15.1. The normalized spacial score (nSPS) is 10.6. The van der Waals surface area contributed by atoms with E-state index in [0.29, 0.717) is 4.88 Å². The van der Waals surface area contributed by atoms with E-state index >= 15 is 0 Å². The van der Waals surface area contributed by atoms with Gasteiger partial charge in [0.2, 0.25) is 0 Å². The Balaban J connectivity index is 1.95. The first-order valence-corrected chi connectivity index (χ1v) is 8.23. The molecule has 2 rings (SSSR count). The third-order valence-corrected chi connectivity index (χ3v) is 4.14. The molecule has 0 fully saturated rings. The van der Waals surface area contributed by atoms with E-state index in [1.54, 1.807) is 0 Å². The molecule has 2 aromatic rings. The molecule has 4 nitrogen and oxygen atoms in total. The highest BCUT2D eigenvalue weighted by Crippen LogP contribution is 2.16. The summed E-state index contributed by atoms with van der Waals surface area (Å²) in [6, 6.07) is 8.08. The maximum atomic E-state index is 12.2. The van der Waals surface area contributed by atoms with Gasteiger partial charge >= 0.3 is 0 Å². The number of hydrogen-bond acceptors (Lipinski definition) is 4. The fraction of sp³-hybridized carbons (Fsp3) is 0.438. The number of hydrogen-bond donors (Lipinski definition) is 1. The molecule has 0 aliphatic rings. The number of aromatic nitrogens is 2. The molecule has 1 aromatic carbocycles. The molecular formula is C16H21N3OS. The number of unbranched alkanes of at least 4 members (excludes halogenated alkanes) is 2. The summed E-state index contributed by atoms with van der Waals surface area (Å²) < 4.78 is 3.84. The van der Waals surface area contributed by atoms with Crippen molar-refractivity contribution < 1.29 is 4.79 Å². The van der Waals surface area contributed by atoms with Crippen molar-refractivity contribution in [3.63, 3.8) is 0 Å². The predicted octanol–water partition coefficient (Wildman–Crippen LogP) is 4.09. The Morgan fingerprint density at radius 2 is 1.95 bits per heavy atom. The summed E-state index contributed by atoms with van der Waals surface area (Å²) in [4.78, 5) is 12.8. The molecule has 0 saturated heterocycles. The van der Waals surface area contributed by atoms with E-state index < -0.39 is 0 Å². The van der Waals surface area contributed by atoms with E-state index in [4.69, 9.17) is 0 Å². The van der Waals surface area contributed by atoms with Crippen LogP contribution in [0.2, 0.25) is 0 Å². The number of nitrogens with zero attached hydrogens (tertiary/aromatic N) is 2.